The van der Waals surface area contributed by atoms with E-state index in [1.54, 1.807) is 7.11 Å². The third-order valence-electron chi connectivity index (χ3n) is 4.08. The second-order valence-corrected chi connectivity index (χ2v) is 6.44. The number of carbonyl (C=O) groups is 1. The van der Waals surface area contributed by atoms with Gasteiger partial charge in [0.15, 0.2) is 0 Å². The molecule has 1 N–H and O–H groups in total. The van der Waals surface area contributed by atoms with Gasteiger partial charge in [-0.05, 0) is 35.2 Å². The van der Waals surface area contributed by atoms with Gasteiger partial charge in [0.05, 0.1) is 25.1 Å². The van der Waals surface area contributed by atoms with Crippen LogP contribution in [0, 0.1) is 5.92 Å². The smallest absolute Gasteiger partial charge is 0.416 e. The summed E-state index contributed by atoms with van der Waals surface area (Å²) in [5.74, 6) is 0.513. The van der Waals surface area contributed by atoms with Gasteiger partial charge in [-0.2, -0.15) is 13.2 Å². The Hall–Kier alpha value is -2.50. The molecule has 1 unspecified atom stereocenters. The van der Waals surface area contributed by atoms with Crippen LogP contribution in [0.3, 0.4) is 0 Å². The van der Waals surface area contributed by atoms with Crippen molar-refractivity contribution in [2.75, 3.05) is 7.11 Å². The lowest BCUT2D eigenvalue weighted by Gasteiger charge is -2.23. The summed E-state index contributed by atoms with van der Waals surface area (Å²) in [7, 11) is 1.58. The van der Waals surface area contributed by atoms with Gasteiger partial charge in [0.1, 0.15) is 5.75 Å². The van der Waals surface area contributed by atoms with E-state index in [-0.39, 0.29) is 24.3 Å². The zero-order valence-electron chi connectivity index (χ0n) is 14.9. The molecule has 0 heterocycles. The summed E-state index contributed by atoms with van der Waals surface area (Å²) in [6.45, 7) is 3.94. The standard InChI is InChI=1S/C20H22F3NO2/c1-13(2)19(15-7-9-17(26-3)10-8-15)24-18(25)12-14-5-4-6-16(11-14)20(21,22)23/h4-11,13,19H,12H2,1-3H3,(H,24,25). The number of ether oxygens (including phenoxy) is 1. The van der Waals surface area contributed by atoms with Crippen molar-refractivity contribution in [3.05, 3.63) is 65.2 Å². The van der Waals surface area contributed by atoms with Gasteiger partial charge in [0.2, 0.25) is 5.91 Å². The fourth-order valence-electron chi connectivity index (χ4n) is 2.71. The third kappa shape index (κ3) is 5.25. The van der Waals surface area contributed by atoms with Gasteiger partial charge >= 0.3 is 6.18 Å². The van der Waals surface area contributed by atoms with Gasteiger partial charge in [-0.3, -0.25) is 4.79 Å². The molecule has 0 bridgehead atoms. The van der Waals surface area contributed by atoms with Crippen LogP contribution in [0.5, 0.6) is 5.75 Å². The maximum Gasteiger partial charge on any atom is 0.416 e. The van der Waals surface area contributed by atoms with Gasteiger partial charge in [0.25, 0.3) is 0 Å². The molecule has 140 valence electrons. The normalized spacial score (nSPS) is 12.7. The van der Waals surface area contributed by atoms with Crippen molar-refractivity contribution in [3.8, 4) is 5.75 Å². The molecule has 2 rings (SSSR count). The van der Waals surface area contributed by atoms with E-state index in [2.05, 4.69) is 5.32 Å². The van der Waals surface area contributed by atoms with Crippen molar-refractivity contribution in [3.63, 3.8) is 0 Å². The van der Waals surface area contributed by atoms with E-state index < -0.39 is 11.7 Å². The molecule has 0 spiro atoms. The first kappa shape index (κ1) is 19.8. The van der Waals surface area contributed by atoms with Crippen LogP contribution < -0.4 is 10.1 Å². The monoisotopic (exact) mass is 365 g/mol. The molecule has 0 saturated heterocycles. The maximum atomic E-state index is 12.8. The molecule has 1 amide bonds. The molecule has 6 heteroatoms. The van der Waals surface area contributed by atoms with E-state index in [4.69, 9.17) is 4.74 Å². The van der Waals surface area contributed by atoms with Crippen LogP contribution >= 0.6 is 0 Å². The molecule has 2 aromatic rings. The molecule has 0 radical (unpaired) electrons. The number of amides is 1. The molecule has 0 aromatic heterocycles. The number of nitrogens with one attached hydrogen (secondary N) is 1. The summed E-state index contributed by atoms with van der Waals surface area (Å²) >= 11 is 0. The number of benzene rings is 2. The minimum absolute atomic E-state index is 0.108. The van der Waals surface area contributed by atoms with E-state index in [9.17, 15) is 18.0 Å². The second-order valence-electron chi connectivity index (χ2n) is 6.44. The lowest BCUT2D eigenvalue weighted by molar-refractivity contribution is -0.137. The Morgan fingerprint density at radius 2 is 1.77 bits per heavy atom. The molecular formula is C20H22F3NO2. The number of carbonyl (C=O) groups excluding carboxylic acids is 1. The highest BCUT2D eigenvalue weighted by Crippen LogP contribution is 2.30. The second kappa shape index (κ2) is 8.25. The summed E-state index contributed by atoms with van der Waals surface area (Å²) in [6.07, 6.45) is -4.53. The number of rotatable bonds is 6. The molecule has 0 aliphatic rings. The summed E-state index contributed by atoms with van der Waals surface area (Å²) in [5, 5.41) is 2.92. The minimum Gasteiger partial charge on any atom is -0.497 e. The summed E-state index contributed by atoms with van der Waals surface area (Å²) < 4.78 is 43.5. The van der Waals surface area contributed by atoms with Crippen molar-refractivity contribution < 1.29 is 22.7 Å². The van der Waals surface area contributed by atoms with Gasteiger partial charge < -0.3 is 10.1 Å². The predicted octanol–water partition coefficient (Wildman–Crippen LogP) is 4.77. The molecule has 2 aromatic carbocycles. The van der Waals surface area contributed by atoms with Crippen LogP contribution in [0.1, 0.15) is 36.6 Å². The van der Waals surface area contributed by atoms with Crippen molar-refractivity contribution in [1.82, 2.24) is 5.32 Å². The third-order valence-corrected chi connectivity index (χ3v) is 4.08. The van der Waals surface area contributed by atoms with E-state index in [1.165, 1.54) is 12.1 Å². The molecule has 0 saturated carbocycles. The van der Waals surface area contributed by atoms with Crippen LogP contribution in [-0.2, 0) is 17.4 Å². The van der Waals surface area contributed by atoms with Gasteiger partial charge in [0, 0.05) is 0 Å². The number of hydrogen-bond acceptors (Lipinski definition) is 2. The van der Waals surface area contributed by atoms with Gasteiger partial charge in [-0.25, -0.2) is 0 Å². The van der Waals surface area contributed by atoms with Crippen LogP contribution in [0.25, 0.3) is 0 Å². The molecule has 0 fully saturated rings. The number of methoxy groups -OCH3 is 1. The number of hydrogen-bond donors (Lipinski definition) is 1. The molecule has 1 atom stereocenters. The average molecular weight is 365 g/mol. The topological polar surface area (TPSA) is 38.3 Å². The Morgan fingerprint density at radius 1 is 1.12 bits per heavy atom. The van der Waals surface area contributed by atoms with Crippen LogP contribution in [0.15, 0.2) is 48.5 Å². The Bertz CT molecular complexity index is 739. The molecule has 26 heavy (non-hydrogen) atoms. The summed E-state index contributed by atoms with van der Waals surface area (Å²) in [4.78, 5) is 12.4. The Kier molecular flexibility index (Phi) is 6.29. The number of alkyl halides is 3. The quantitative estimate of drug-likeness (QED) is 0.801. The highest BCUT2D eigenvalue weighted by atomic mass is 19.4. The van der Waals surface area contributed by atoms with E-state index in [0.717, 1.165) is 17.7 Å². The van der Waals surface area contributed by atoms with Crippen molar-refractivity contribution in [2.24, 2.45) is 5.92 Å². The Morgan fingerprint density at radius 3 is 2.31 bits per heavy atom. The van der Waals surface area contributed by atoms with Gasteiger partial charge in [-0.1, -0.05) is 44.2 Å². The van der Waals surface area contributed by atoms with Crippen molar-refractivity contribution in [2.45, 2.75) is 32.5 Å². The SMILES string of the molecule is COc1ccc(C(NC(=O)Cc2cccc(C(F)(F)F)c2)C(C)C)cc1. The zero-order valence-corrected chi connectivity index (χ0v) is 14.9. The Labute approximate surface area is 151 Å². The molecule has 3 nitrogen and oxygen atoms in total. The summed E-state index contributed by atoms with van der Waals surface area (Å²) in [6, 6.07) is 12.0. The fourth-order valence-corrected chi connectivity index (χ4v) is 2.71. The van der Waals surface area contributed by atoms with Crippen LogP contribution in [-0.4, -0.2) is 13.0 Å². The van der Waals surface area contributed by atoms with E-state index in [0.29, 0.717) is 11.3 Å². The largest absolute Gasteiger partial charge is 0.497 e. The Balaban J connectivity index is 2.10. The first-order valence-electron chi connectivity index (χ1n) is 8.30. The predicted molar refractivity (Wildman–Crippen MR) is 93.9 cm³/mol. The highest BCUT2D eigenvalue weighted by molar-refractivity contribution is 5.79. The average Bonchev–Trinajstić information content (AvgIpc) is 2.59. The molecule has 0 aliphatic heterocycles. The molecular weight excluding hydrogens is 343 g/mol. The van der Waals surface area contributed by atoms with Crippen molar-refractivity contribution in [1.29, 1.82) is 0 Å². The van der Waals surface area contributed by atoms with Crippen LogP contribution in [0.4, 0.5) is 13.2 Å². The first-order valence-corrected chi connectivity index (χ1v) is 8.30. The van der Waals surface area contributed by atoms with Crippen LogP contribution in [0.2, 0.25) is 0 Å². The highest BCUT2D eigenvalue weighted by Gasteiger charge is 2.30. The summed E-state index contributed by atoms with van der Waals surface area (Å²) in [5.41, 5.74) is 0.492. The first-order chi connectivity index (χ1) is 12.2. The maximum absolute atomic E-state index is 12.8. The lowest BCUT2D eigenvalue weighted by atomic mass is 9.95. The van der Waals surface area contributed by atoms with E-state index in [1.807, 2.05) is 38.1 Å². The lowest BCUT2D eigenvalue weighted by Crippen LogP contribution is -2.32. The molecule has 0 aliphatic carbocycles. The minimum atomic E-state index is -4.42. The fraction of sp³-hybridized carbons (Fsp3) is 0.350. The van der Waals surface area contributed by atoms with E-state index >= 15 is 0 Å². The zero-order chi connectivity index (χ0) is 19.3. The number of halogens is 3. The van der Waals surface area contributed by atoms with Gasteiger partial charge in [-0.15, -0.1) is 0 Å². The van der Waals surface area contributed by atoms with Crippen molar-refractivity contribution >= 4 is 5.91 Å².